The molecule has 3 amide bonds. The Bertz CT molecular complexity index is 1100. The molecule has 0 aliphatic carbocycles. The number of alkyl carbamates (subject to hydrolysis) is 1. The zero-order valence-corrected chi connectivity index (χ0v) is 23.5. The third-order valence-corrected chi connectivity index (χ3v) is 6.28. The molecule has 0 fully saturated rings. The summed E-state index contributed by atoms with van der Waals surface area (Å²) in [7, 11) is 1.57. The van der Waals surface area contributed by atoms with Gasteiger partial charge < -0.3 is 25.0 Å². The SMILES string of the molecule is CCC(C)(C)N(C(=O)CNC(=O)OC(C)(C)C)C(C(=O)Nc1ccc(OC)cc1)c1ccc(C)c(C)c1. The topological polar surface area (TPSA) is 97.0 Å². The molecule has 202 valence electrons. The van der Waals surface area contributed by atoms with Gasteiger partial charge in [0.15, 0.2) is 0 Å². The van der Waals surface area contributed by atoms with Crippen LogP contribution < -0.4 is 15.4 Å². The molecule has 0 saturated heterocycles. The van der Waals surface area contributed by atoms with Crippen molar-refractivity contribution in [1.29, 1.82) is 0 Å². The highest BCUT2D eigenvalue weighted by molar-refractivity contribution is 5.98. The summed E-state index contributed by atoms with van der Waals surface area (Å²) in [5.41, 5.74) is 1.95. The minimum atomic E-state index is -0.940. The predicted molar refractivity (Wildman–Crippen MR) is 146 cm³/mol. The van der Waals surface area contributed by atoms with E-state index in [1.54, 1.807) is 57.0 Å². The Morgan fingerprint density at radius 2 is 1.57 bits per heavy atom. The summed E-state index contributed by atoms with van der Waals surface area (Å²) in [6, 6.07) is 11.8. The first-order chi connectivity index (χ1) is 17.2. The minimum Gasteiger partial charge on any atom is -0.497 e. The van der Waals surface area contributed by atoms with Gasteiger partial charge in [-0.2, -0.15) is 0 Å². The number of nitrogens with zero attached hydrogens (tertiary/aromatic N) is 1. The fourth-order valence-corrected chi connectivity index (χ4v) is 3.79. The normalized spacial score (nSPS) is 12.4. The van der Waals surface area contributed by atoms with Crippen LogP contribution in [0.4, 0.5) is 10.5 Å². The zero-order valence-electron chi connectivity index (χ0n) is 23.5. The third-order valence-electron chi connectivity index (χ3n) is 6.28. The van der Waals surface area contributed by atoms with Gasteiger partial charge >= 0.3 is 6.09 Å². The van der Waals surface area contributed by atoms with Gasteiger partial charge in [-0.25, -0.2) is 4.79 Å². The number of hydrogen-bond acceptors (Lipinski definition) is 5. The largest absolute Gasteiger partial charge is 0.497 e. The van der Waals surface area contributed by atoms with Crippen molar-refractivity contribution in [2.24, 2.45) is 0 Å². The van der Waals surface area contributed by atoms with Gasteiger partial charge in [-0.05, 0) is 95.8 Å². The number of hydrogen-bond donors (Lipinski definition) is 2. The van der Waals surface area contributed by atoms with Crippen molar-refractivity contribution >= 4 is 23.6 Å². The quantitative estimate of drug-likeness (QED) is 0.461. The lowest BCUT2D eigenvalue weighted by Crippen LogP contribution is -2.55. The van der Waals surface area contributed by atoms with Crippen molar-refractivity contribution in [2.45, 2.75) is 79.0 Å². The number of benzene rings is 2. The van der Waals surface area contributed by atoms with E-state index < -0.39 is 29.2 Å². The summed E-state index contributed by atoms with van der Waals surface area (Å²) in [6.45, 7) is 14.7. The summed E-state index contributed by atoms with van der Waals surface area (Å²) in [5, 5.41) is 5.50. The molecule has 0 radical (unpaired) electrons. The van der Waals surface area contributed by atoms with Gasteiger partial charge in [-0.15, -0.1) is 0 Å². The zero-order chi connectivity index (χ0) is 28.0. The van der Waals surface area contributed by atoms with Gasteiger partial charge in [-0.3, -0.25) is 9.59 Å². The molecule has 0 saturated carbocycles. The molecule has 2 aromatic carbocycles. The monoisotopic (exact) mass is 511 g/mol. The Labute approximate surface area is 220 Å². The molecule has 2 aromatic rings. The Balaban J connectivity index is 2.49. The van der Waals surface area contributed by atoms with Crippen LogP contribution in [-0.2, 0) is 14.3 Å². The molecule has 1 atom stereocenters. The summed E-state index contributed by atoms with van der Waals surface area (Å²) >= 11 is 0. The molecule has 37 heavy (non-hydrogen) atoms. The highest BCUT2D eigenvalue weighted by Crippen LogP contribution is 2.33. The minimum absolute atomic E-state index is 0.310. The van der Waals surface area contributed by atoms with Crippen LogP contribution in [0, 0.1) is 13.8 Å². The number of ether oxygens (including phenoxy) is 2. The van der Waals surface area contributed by atoms with Gasteiger partial charge in [0.1, 0.15) is 23.9 Å². The summed E-state index contributed by atoms with van der Waals surface area (Å²) in [4.78, 5) is 41.4. The van der Waals surface area contributed by atoms with Crippen LogP contribution in [0.25, 0.3) is 0 Å². The molecule has 0 spiro atoms. The van der Waals surface area contributed by atoms with E-state index in [9.17, 15) is 14.4 Å². The first-order valence-electron chi connectivity index (χ1n) is 12.5. The van der Waals surface area contributed by atoms with Crippen LogP contribution in [0.1, 0.15) is 70.7 Å². The maximum atomic E-state index is 13.8. The molecular formula is C29H41N3O5. The Morgan fingerprint density at radius 1 is 0.946 bits per heavy atom. The summed E-state index contributed by atoms with van der Waals surface area (Å²) in [6.07, 6.45) is -0.108. The molecule has 0 aliphatic heterocycles. The average molecular weight is 512 g/mol. The molecule has 8 heteroatoms. The average Bonchev–Trinajstić information content (AvgIpc) is 2.82. The molecule has 2 rings (SSSR count). The number of amides is 3. The van der Waals surface area contributed by atoms with Crippen molar-refractivity contribution in [3.63, 3.8) is 0 Å². The molecule has 0 aliphatic rings. The molecule has 0 heterocycles. The van der Waals surface area contributed by atoms with Crippen molar-refractivity contribution < 1.29 is 23.9 Å². The lowest BCUT2D eigenvalue weighted by Gasteiger charge is -2.43. The number of anilines is 1. The van der Waals surface area contributed by atoms with E-state index in [4.69, 9.17) is 9.47 Å². The molecule has 2 N–H and O–H groups in total. The first-order valence-corrected chi connectivity index (χ1v) is 12.5. The van der Waals surface area contributed by atoms with Crippen LogP contribution in [0.3, 0.4) is 0 Å². The number of carbonyl (C=O) groups is 3. The second-order valence-electron chi connectivity index (χ2n) is 10.7. The molecular weight excluding hydrogens is 470 g/mol. The van der Waals surface area contributed by atoms with Gasteiger partial charge in [-0.1, -0.05) is 25.1 Å². The Morgan fingerprint density at radius 3 is 2.08 bits per heavy atom. The number of nitrogens with one attached hydrogen (secondary N) is 2. The highest BCUT2D eigenvalue weighted by Gasteiger charge is 2.40. The van der Waals surface area contributed by atoms with Gasteiger partial charge in [0.05, 0.1) is 7.11 Å². The maximum absolute atomic E-state index is 13.8. The van der Waals surface area contributed by atoms with E-state index in [0.29, 0.717) is 23.4 Å². The fourth-order valence-electron chi connectivity index (χ4n) is 3.79. The van der Waals surface area contributed by atoms with Gasteiger partial charge in [0.25, 0.3) is 5.91 Å². The maximum Gasteiger partial charge on any atom is 0.408 e. The van der Waals surface area contributed by atoms with Crippen LogP contribution in [-0.4, -0.2) is 47.6 Å². The van der Waals surface area contributed by atoms with E-state index in [1.165, 1.54) is 0 Å². The van der Waals surface area contributed by atoms with Crippen molar-refractivity contribution in [2.75, 3.05) is 19.0 Å². The first kappa shape index (κ1) is 29.7. The van der Waals surface area contributed by atoms with Crippen LogP contribution in [0.2, 0.25) is 0 Å². The molecule has 8 nitrogen and oxygen atoms in total. The number of carbonyl (C=O) groups excluding carboxylic acids is 3. The lowest BCUT2D eigenvalue weighted by molar-refractivity contribution is -0.145. The van der Waals surface area contributed by atoms with Crippen LogP contribution >= 0.6 is 0 Å². The third kappa shape index (κ3) is 8.23. The van der Waals surface area contributed by atoms with E-state index >= 15 is 0 Å². The molecule has 0 bridgehead atoms. The van der Waals surface area contributed by atoms with Crippen LogP contribution in [0.5, 0.6) is 5.75 Å². The number of rotatable bonds is 9. The lowest BCUT2D eigenvalue weighted by atomic mass is 9.91. The van der Waals surface area contributed by atoms with E-state index in [1.807, 2.05) is 52.8 Å². The molecule has 0 aromatic heterocycles. The van der Waals surface area contributed by atoms with Crippen molar-refractivity contribution in [1.82, 2.24) is 10.2 Å². The van der Waals surface area contributed by atoms with Crippen LogP contribution in [0.15, 0.2) is 42.5 Å². The summed E-state index contributed by atoms with van der Waals surface area (Å²) < 4.78 is 10.5. The van der Waals surface area contributed by atoms with E-state index in [-0.39, 0.29) is 12.5 Å². The second kappa shape index (κ2) is 12.1. The van der Waals surface area contributed by atoms with Crippen molar-refractivity contribution in [3.8, 4) is 5.75 Å². The smallest absolute Gasteiger partial charge is 0.408 e. The van der Waals surface area contributed by atoms with Gasteiger partial charge in [0.2, 0.25) is 5.91 Å². The Hall–Kier alpha value is -3.55. The van der Waals surface area contributed by atoms with E-state index in [2.05, 4.69) is 10.6 Å². The number of methoxy groups -OCH3 is 1. The standard InChI is InChI=1S/C29H41N3O5/c1-10-29(7,8)32(24(33)18-30-27(35)37-28(4,5)6)25(21-12-11-19(2)20(3)17-21)26(34)31-22-13-15-23(36-9)16-14-22/h11-17,25H,10,18H2,1-9H3,(H,30,35)(H,31,34). The number of aryl methyl sites for hydroxylation is 2. The van der Waals surface area contributed by atoms with Crippen molar-refractivity contribution in [3.05, 3.63) is 59.2 Å². The Kier molecular flexibility index (Phi) is 9.73. The highest BCUT2D eigenvalue weighted by atomic mass is 16.6. The summed E-state index contributed by atoms with van der Waals surface area (Å²) in [5.74, 6) is -0.0905. The fraction of sp³-hybridized carbons (Fsp3) is 0.483. The predicted octanol–water partition coefficient (Wildman–Crippen LogP) is 5.53. The van der Waals surface area contributed by atoms with Gasteiger partial charge in [0, 0.05) is 11.2 Å². The van der Waals surface area contributed by atoms with E-state index in [0.717, 1.165) is 11.1 Å². The molecule has 1 unspecified atom stereocenters. The second-order valence-corrected chi connectivity index (χ2v) is 10.7.